The highest BCUT2D eigenvalue weighted by Gasteiger charge is 2.29. The fourth-order valence-corrected chi connectivity index (χ4v) is 5.85. The molecule has 12 nitrogen and oxygen atoms in total. The van der Waals surface area contributed by atoms with Crippen LogP contribution in [0.5, 0.6) is 11.5 Å². The number of hydrogen-bond acceptors (Lipinski definition) is 9. The van der Waals surface area contributed by atoms with Gasteiger partial charge in [0.15, 0.2) is 0 Å². The minimum Gasteiger partial charge on any atom is -0.456 e. The molecule has 1 heterocycles. The van der Waals surface area contributed by atoms with Crippen LogP contribution in [0.25, 0.3) is 10.9 Å². The number of nitro benzene ring substituents is 1. The van der Waals surface area contributed by atoms with E-state index in [0.717, 1.165) is 24.4 Å². The number of benzene rings is 3. The second-order valence-corrected chi connectivity index (χ2v) is 12.1. The summed E-state index contributed by atoms with van der Waals surface area (Å²) in [7, 11) is -4.47. The molecule has 0 bridgehead atoms. The molecule has 13 heteroatoms. The standard InChI is InChI=1S/C28H29N5O7S/c1-28(35)13-11-18(12-14-28)16-29-23-10-9-19(15-24(23)33(36)37)41(38,39)32-27(34)20-5-2-3-7-25(20)40-26-8-4-6-22-21(26)17-30-31-22/h2-10,15,17-18,29,35H,11-14,16H2,1H3,(H,30,31)(H,32,34). The van der Waals surface area contributed by atoms with Crippen LogP contribution in [0, 0.1) is 16.0 Å². The lowest BCUT2D eigenvalue weighted by Crippen LogP contribution is -2.32. The number of amides is 1. The predicted octanol–water partition coefficient (Wildman–Crippen LogP) is 4.74. The Labute approximate surface area is 235 Å². The number of sulfonamides is 1. The number of fused-ring (bicyclic) bond motifs is 1. The van der Waals surface area contributed by atoms with Crippen molar-refractivity contribution >= 4 is 38.2 Å². The molecule has 4 aromatic rings. The number of para-hydroxylation sites is 1. The minimum absolute atomic E-state index is 0.0455. The van der Waals surface area contributed by atoms with Gasteiger partial charge in [0.25, 0.3) is 21.6 Å². The summed E-state index contributed by atoms with van der Waals surface area (Å²) in [5.41, 5.74) is -0.275. The summed E-state index contributed by atoms with van der Waals surface area (Å²) in [6.07, 6.45) is 4.41. The molecule has 1 amide bonds. The summed E-state index contributed by atoms with van der Waals surface area (Å²) in [5.74, 6) is -0.210. The Morgan fingerprint density at radius 1 is 1.15 bits per heavy atom. The quantitative estimate of drug-likeness (QED) is 0.161. The summed E-state index contributed by atoms with van der Waals surface area (Å²) >= 11 is 0. The fraction of sp³-hybridized carbons (Fsp3) is 0.286. The molecule has 1 fully saturated rings. The first-order valence-corrected chi connectivity index (χ1v) is 14.5. The average molecular weight is 580 g/mol. The number of nitrogens with zero attached hydrogens (tertiary/aromatic N) is 2. The van der Waals surface area contributed by atoms with Crippen LogP contribution in [0.2, 0.25) is 0 Å². The summed E-state index contributed by atoms with van der Waals surface area (Å²) in [4.78, 5) is 23.8. The summed E-state index contributed by atoms with van der Waals surface area (Å²) < 4.78 is 34.2. The van der Waals surface area contributed by atoms with Gasteiger partial charge < -0.3 is 15.2 Å². The van der Waals surface area contributed by atoms with E-state index in [2.05, 4.69) is 15.5 Å². The first kappa shape index (κ1) is 28.1. The zero-order chi connectivity index (χ0) is 29.2. The Kier molecular flexibility index (Phi) is 7.65. The second-order valence-electron chi connectivity index (χ2n) is 10.4. The Morgan fingerprint density at radius 3 is 2.63 bits per heavy atom. The number of ether oxygens (including phenoxy) is 1. The van der Waals surface area contributed by atoms with Crippen molar-refractivity contribution in [3.63, 3.8) is 0 Å². The van der Waals surface area contributed by atoms with Gasteiger partial charge in [-0.2, -0.15) is 5.10 Å². The van der Waals surface area contributed by atoms with Gasteiger partial charge in [0, 0.05) is 12.6 Å². The Hall–Kier alpha value is -4.49. The molecular weight excluding hydrogens is 550 g/mol. The lowest BCUT2D eigenvalue weighted by atomic mass is 9.80. The van der Waals surface area contributed by atoms with Crippen LogP contribution in [0.3, 0.4) is 0 Å². The number of aromatic nitrogens is 2. The molecular formula is C28H29N5O7S. The minimum atomic E-state index is -4.47. The third kappa shape index (κ3) is 6.31. The van der Waals surface area contributed by atoms with Crippen molar-refractivity contribution in [2.45, 2.75) is 43.1 Å². The summed E-state index contributed by atoms with van der Waals surface area (Å²) in [6, 6.07) is 14.8. The Bertz CT molecular complexity index is 1710. The number of aromatic amines is 1. The van der Waals surface area contributed by atoms with E-state index >= 15 is 0 Å². The van der Waals surface area contributed by atoms with E-state index in [1.807, 2.05) is 10.8 Å². The number of carbonyl (C=O) groups excluding carboxylic acids is 1. The molecule has 4 N–H and O–H groups in total. The zero-order valence-corrected chi connectivity index (χ0v) is 23.0. The molecule has 3 aromatic carbocycles. The molecule has 1 aromatic heterocycles. The van der Waals surface area contributed by atoms with E-state index in [1.165, 1.54) is 24.3 Å². The van der Waals surface area contributed by atoms with Crippen molar-refractivity contribution in [3.8, 4) is 11.5 Å². The van der Waals surface area contributed by atoms with Crippen LogP contribution in [0.15, 0.2) is 71.8 Å². The zero-order valence-electron chi connectivity index (χ0n) is 22.2. The number of carbonyl (C=O) groups is 1. The van der Waals surface area contributed by atoms with Gasteiger partial charge in [0.05, 0.1) is 38.1 Å². The molecule has 1 aliphatic rings. The highest BCUT2D eigenvalue weighted by molar-refractivity contribution is 7.90. The van der Waals surface area contributed by atoms with E-state index in [4.69, 9.17) is 4.74 Å². The maximum atomic E-state index is 13.1. The van der Waals surface area contributed by atoms with Crippen molar-refractivity contribution in [2.75, 3.05) is 11.9 Å². The normalized spacial score (nSPS) is 19.0. The molecule has 0 atom stereocenters. The molecule has 5 rings (SSSR count). The number of H-pyrrole nitrogens is 1. The van der Waals surface area contributed by atoms with Crippen LogP contribution in [0.1, 0.15) is 43.0 Å². The van der Waals surface area contributed by atoms with Crippen molar-refractivity contribution < 1.29 is 28.0 Å². The maximum absolute atomic E-state index is 13.1. The van der Waals surface area contributed by atoms with Crippen molar-refractivity contribution in [1.82, 2.24) is 14.9 Å². The molecule has 0 radical (unpaired) electrons. The first-order chi connectivity index (χ1) is 19.5. The monoisotopic (exact) mass is 579 g/mol. The molecule has 0 unspecified atom stereocenters. The van der Waals surface area contributed by atoms with Crippen molar-refractivity contribution in [2.24, 2.45) is 5.92 Å². The number of aliphatic hydroxyl groups is 1. The van der Waals surface area contributed by atoms with Crippen LogP contribution in [-0.4, -0.2) is 46.7 Å². The third-order valence-electron chi connectivity index (χ3n) is 7.26. The Balaban J connectivity index is 1.32. The van der Waals surface area contributed by atoms with Gasteiger partial charge in [-0.25, -0.2) is 13.1 Å². The number of nitro groups is 1. The number of nitrogens with one attached hydrogen (secondary N) is 3. The van der Waals surface area contributed by atoms with Crippen LogP contribution >= 0.6 is 0 Å². The Morgan fingerprint density at radius 2 is 1.88 bits per heavy atom. The summed E-state index contributed by atoms with van der Waals surface area (Å²) in [6.45, 7) is 2.25. The highest BCUT2D eigenvalue weighted by atomic mass is 32.2. The molecule has 41 heavy (non-hydrogen) atoms. The second kappa shape index (κ2) is 11.2. The smallest absolute Gasteiger partial charge is 0.293 e. The van der Waals surface area contributed by atoms with Gasteiger partial charge in [-0.05, 0) is 74.9 Å². The van der Waals surface area contributed by atoms with E-state index in [-0.39, 0.29) is 22.9 Å². The molecule has 0 saturated heterocycles. The molecule has 1 saturated carbocycles. The largest absolute Gasteiger partial charge is 0.456 e. The van der Waals surface area contributed by atoms with Gasteiger partial charge in [-0.15, -0.1) is 0 Å². The van der Waals surface area contributed by atoms with Crippen molar-refractivity contribution in [1.29, 1.82) is 0 Å². The van der Waals surface area contributed by atoms with E-state index in [0.29, 0.717) is 30.5 Å². The molecule has 214 valence electrons. The van der Waals surface area contributed by atoms with E-state index in [1.54, 1.807) is 37.4 Å². The van der Waals surface area contributed by atoms with Gasteiger partial charge in [-0.3, -0.25) is 20.0 Å². The van der Waals surface area contributed by atoms with E-state index in [9.17, 15) is 28.4 Å². The van der Waals surface area contributed by atoms with Gasteiger partial charge in [0.2, 0.25) is 0 Å². The number of hydrogen-bond donors (Lipinski definition) is 4. The topological polar surface area (TPSA) is 177 Å². The molecule has 0 aliphatic heterocycles. The average Bonchev–Trinajstić information content (AvgIpc) is 3.42. The number of rotatable bonds is 9. The number of anilines is 1. The summed E-state index contributed by atoms with van der Waals surface area (Å²) in [5, 5.41) is 32.5. The fourth-order valence-electron chi connectivity index (χ4n) is 4.86. The maximum Gasteiger partial charge on any atom is 0.293 e. The first-order valence-electron chi connectivity index (χ1n) is 13.0. The van der Waals surface area contributed by atoms with Crippen molar-refractivity contribution in [3.05, 3.63) is 82.5 Å². The van der Waals surface area contributed by atoms with Gasteiger partial charge in [0.1, 0.15) is 17.2 Å². The van der Waals surface area contributed by atoms with Crippen LogP contribution < -0.4 is 14.8 Å². The van der Waals surface area contributed by atoms with Gasteiger partial charge in [-0.1, -0.05) is 18.2 Å². The lowest BCUT2D eigenvalue weighted by Gasteiger charge is -2.33. The van der Waals surface area contributed by atoms with Crippen LogP contribution in [0.4, 0.5) is 11.4 Å². The SMILES string of the molecule is CC1(O)CCC(CNc2ccc(S(=O)(=O)NC(=O)c3ccccc3Oc3cccc4[nH]ncc34)cc2[N+](=O)[O-])CC1. The molecule has 0 spiro atoms. The van der Waals surface area contributed by atoms with Gasteiger partial charge >= 0.3 is 0 Å². The van der Waals surface area contributed by atoms with Crippen LogP contribution in [-0.2, 0) is 10.0 Å². The predicted molar refractivity (Wildman–Crippen MR) is 151 cm³/mol. The van der Waals surface area contributed by atoms with E-state index < -0.39 is 37.0 Å². The highest BCUT2D eigenvalue weighted by Crippen LogP contribution is 2.34. The third-order valence-corrected chi connectivity index (χ3v) is 8.59. The molecule has 1 aliphatic carbocycles. The lowest BCUT2D eigenvalue weighted by molar-refractivity contribution is -0.384.